The van der Waals surface area contributed by atoms with Gasteiger partial charge in [-0.3, -0.25) is 4.98 Å². The van der Waals surface area contributed by atoms with E-state index in [4.69, 9.17) is 4.74 Å². The first-order valence-electron chi connectivity index (χ1n) is 9.67. The highest BCUT2D eigenvalue weighted by atomic mass is 19.1. The Morgan fingerprint density at radius 1 is 0.900 bits per heavy atom. The van der Waals surface area contributed by atoms with Gasteiger partial charge in [-0.2, -0.15) is 0 Å². The molecular formula is C24H19FN4O. The lowest BCUT2D eigenvalue weighted by Crippen LogP contribution is -2.09. The Morgan fingerprint density at radius 2 is 1.63 bits per heavy atom. The maximum Gasteiger partial charge on any atom is 0.132 e. The molecule has 2 heterocycles. The number of rotatable bonds is 4. The maximum absolute atomic E-state index is 13.4. The third kappa shape index (κ3) is 3.06. The number of pyridine rings is 1. The molecule has 5 rings (SSSR count). The molecule has 0 unspecified atom stereocenters. The maximum atomic E-state index is 13.4. The largest absolute Gasteiger partial charge is 0.497 e. The van der Waals surface area contributed by atoms with Crippen molar-refractivity contribution < 1.29 is 9.13 Å². The van der Waals surface area contributed by atoms with E-state index >= 15 is 0 Å². The van der Waals surface area contributed by atoms with E-state index in [-0.39, 0.29) is 11.9 Å². The zero-order valence-electron chi connectivity index (χ0n) is 16.6. The van der Waals surface area contributed by atoms with Gasteiger partial charge in [0, 0.05) is 5.39 Å². The minimum absolute atomic E-state index is 0.106. The average Bonchev–Trinajstić information content (AvgIpc) is 3.23. The number of fused-ring (bicyclic) bond motifs is 3. The van der Waals surface area contributed by atoms with Crippen molar-refractivity contribution in [3.63, 3.8) is 0 Å². The second-order valence-corrected chi connectivity index (χ2v) is 7.21. The molecule has 0 saturated heterocycles. The van der Waals surface area contributed by atoms with Gasteiger partial charge in [0.15, 0.2) is 0 Å². The monoisotopic (exact) mass is 398 g/mol. The van der Waals surface area contributed by atoms with Crippen molar-refractivity contribution in [3.05, 3.63) is 84.3 Å². The lowest BCUT2D eigenvalue weighted by Gasteiger charge is -2.14. The summed E-state index contributed by atoms with van der Waals surface area (Å²) in [4.78, 5) is 4.54. The van der Waals surface area contributed by atoms with Crippen LogP contribution in [0.15, 0.2) is 72.9 Å². The molecule has 0 spiro atoms. The fourth-order valence-corrected chi connectivity index (χ4v) is 3.74. The van der Waals surface area contributed by atoms with E-state index < -0.39 is 0 Å². The van der Waals surface area contributed by atoms with Crippen molar-refractivity contribution in [1.29, 1.82) is 0 Å². The molecule has 0 aliphatic carbocycles. The van der Waals surface area contributed by atoms with Gasteiger partial charge in [0.05, 0.1) is 24.9 Å². The Morgan fingerprint density at radius 3 is 2.37 bits per heavy atom. The normalized spacial score (nSPS) is 12.4. The number of methoxy groups -OCH3 is 1. The Balaban J connectivity index is 1.67. The number of halogens is 1. The predicted octanol–water partition coefficient (Wildman–Crippen LogP) is 5.40. The Bertz CT molecular complexity index is 1340. The molecule has 0 bridgehead atoms. The summed E-state index contributed by atoms with van der Waals surface area (Å²) in [5.74, 6) is 0.562. The van der Waals surface area contributed by atoms with Gasteiger partial charge in [0.25, 0.3) is 0 Å². The van der Waals surface area contributed by atoms with Gasteiger partial charge in [0.2, 0.25) is 0 Å². The van der Waals surface area contributed by atoms with Crippen LogP contribution in [0.3, 0.4) is 0 Å². The summed E-state index contributed by atoms with van der Waals surface area (Å²) in [7, 11) is 1.66. The summed E-state index contributed by atoms with van der Waals surface area (Å²) >= 11 is 0. The van der Waals surface area contributed by atoms with Crippen molar-refractivity contribution in [2.45, 2.75) is 13.0 Å². The van der Waals surface area contributed by atoms with Crippen molar-refractivity contribution >= 4 is 21.9 Å². The number of nitrogens with zero attached hydrogens (tertiary/aromatic N) is 4. The van der Waals surface area contributed by atoms with Crippen molar-refractivity contribution in [3.8, 4) is 16.9 Å². The number of aromatic nitrogens is 4. The van der Waals surface area contributed by atoms with Crippen LogP contribution in [-0.2, 0) is 0 Å². The second-order valence-electron chi connectivity index (χ2n) is 7.21. The van der Waals surface area contributed by atoms with Crippen LogP contribution in [-0.4, -0.2) is 27.1 Å². The first-order chi connectivity index (χ1) is 14.6. The Hall–Kier alpha value is -3.80. The minimum atomic E-state index is -0.256. The van der Waals surface area contributed by atoms with Gasteiger partial charge in [-0.1, -0.05) is 35.5 Å². The highest BCUT2D eigenvalue weighted by molar-refractivity contribution is 6.03. The Kier molecular flexibility index (Phi) is 4.39. The first kappa shape index (κ1) is 18.2. The molecule has 0 radical (unpaired) electrons. The highest BCUT2D eigenvalue weighted by Gasteiger charge is 2.17. The smallest absolute Gasteiger partial charge is 0.132 e. The number of ether oxygens (including phenoxy) is 1. The standard InChI is InChI=1S/C24H19FN4O/c1-15(16-3-8-19(25)9-4-16)29-24-21-13-18(17-5-10-20(30-2)11-6-17)7-12-22(21)26-14-23(24)27-28-29/h3-15H,1-2H3/t15-/m0/s1. The van der Waals surface area contributed by atoms with Crippen LogP contribution >= 0.6 is 0 Å². The zero-order valence-corrected chi connectivity index (χ0v) is 16.6. The second kappa shape index (κ2) is 7.22. The molecule has 1 atom stereocenters. The van der Waals surface area contributed by atoms with E-state index in [9.17, 15) is 4.39 Å². The van der Waals surface area contributed by atoms with Gasteiger partial charge in [-0.15, -0.1) is 5.10 Å². The van der Waals surface area contributed by atoms with E-state index in [0.29, 0.717) is 0 Å². The average molecular weight is 398 g/mol. The molecule has 0 N–H and O–H groups in total. The van der Waals surface area contributed by atoms with Crippen molar-refractivity contribution in [2.24, 2.45) is 0 Å². The van der Waals surface area contributed by atoms with Crippen LogP contribution in [0.25, 0.3) is 33.1 Å². The summed E-state index contributed by atoms with van der Waals surface area (Å²) in [6, 6.07) is 20.5. The van der Waals surface area contributed by atoms with Gasteiger partial charge in [-0.25, -0.2) is 9.07 Å². The van der Waals surface area contributed by atoms with E-state index in [1.54, 1.807) is 25.4 Å². The number of hydrogen-bond acceptors (Lipinski definition) is 4. The fourth-order valence-electron chi connectivity index (χ4n) is 3.74. The molecule has 148 valence electrons. The lowest BCUT2D eigenvalue weighted by atomic mass is 10.0. The van der Waals surface area contributed by atoms with E-state index in [1.165, 1.54) is 12.1 Å². The van der Waals surface area contributed by atoms with Gasteiger partial charge < -0.3 is 4.74 Å². The van der Waals surface area contributed by atoms with Crippen LogP contribution in [0.4, 0.5) is 4.39 Å². The topological polar surface area (TPSA) is 52.8 Å². The molecule has 2 aromatic heterocycles. The third-order valence-corrected chi connectivity index (χ3v) is 5.44. The summed E-state index contributed by atoms with van der Waals surface area (Å²) in [6.07, 6.45) is 1.74. The van der Waals surface area contributed by atoms with Crippen molar-refractivity contribution in [2.75, 3.05) is 7.11 Å². The first-order valence-corrected chi connectivity index (χ1v) is 9.67. The molecule has 6 heteroatoms. The van der Waals surface area contributed by atoms with Crippen LogP contribution in [0.5, 0.6) is 5.75 Å². The van der Waals surface area contributed by atoms with Crippen LogP contribution in [0.2, 0.25) is 0 Å². The molecule has 5 aromatic rings. The molecule has 3 aromatic carbocycles. The predicted molar refractivity (Wildman–Crippen MR) is 115 cm³/mol. The molecule has 30 heavy (non-hydrogen) atoms. The molecule has 0 aliphatic heterocycles. The lowest BCUT2D eigenvalue weighted by molar-refractivity contribution is 0.415. The Labute approximate surface area is 172 Å². The summed E-state index contributed by atoms with van der Waals surface area (Å²) in [5, 5.41) is 9.68. The fraction of sp³-hybridized carbons (Fsp3) is 0.125. The van der Waals surface area contributed by atoms with Gasteiger partial charge >= 0.3 is 0 Å². The van der Waals surface area contributed by atoms with Crippen LogP contribution in [0.1, 0.15) is 18.5 Å². The molecule has 5 nitrogen and oxygen atoms in total. The summed E-state index contributed by atoms with van der Waals surface area (Å²) in [6.45, 7) is 2.03. The number of hydrogen-bond donors (Lipinski definition) is 0. The minimum Gasteiger partial charge on any atom is -0.497 e. The number of benzene rings is 3. The zero-order chi connectivity index (χ0) is 20.7. The van der Waals surface area contributed by atoms with Gasteiger partial charge in [-0.05, 0) is 60.0 Å². The quantitative estimate of drug-likeness (QED) is 0.407. The van der Waals surface area contributed by atoms with E-state index in [0.717, 1.165) is 44.4 Å². The van der Waals surface area contributed by atoms with E-state index in [1.807, 2.05) is 41.9 Å². The molecule has 0 fully saturated rings. The molecule has 0 amide bonds. The highest BCUT2D eigenvalue weighted by Crippen LogP contribution is 2.31. The van der Waals surface area contributed by atoms with Gasteiger partial charge in [0.1, 0.15) is 22.6 Å². The summed E-state index contributed by atoms with van der Waals surface area (Å²) < 4.78 is 20.5. The van der Waals surface area contributed by atoms with Crippen LogP contribution < -0.4 is 4.74 Å². The molecular weight excluding hydrogens is 379 g/mol. The van der Waals surface area contributed by atoms with Crippen LogP contribution in [0, 0.1) is 5.82 Å². The SMILES string of the molecule is COc1ccc(-c2ccc3ncc4nnn([C@@H](C)c5ccc(F)cc5)c4c3c2)cc1. The van der Waals surface area contributed by atoms with E-state index in [2.05, 4.69) is 27.4 Å². The summed E-state index contributed by atoms with van der Waals surface area (Å²) in [5.41, 5.74) is 5.62. The molecule has 0 saturated carbocycles. The van der Waals surface area contributed by atoms with Crippen molar-refractivity contribution in [1.82, 2.24) is 20.0 Å². The third-order valence-electron chi connectivity index (χ3n) is 5.44. The molecule has 0 aliphatic rings.